The monoisotopic (exact) mass is 306 g/mol. The second-order valence-corrected chi connectivity index (χ2v) is 5.76. The maximum absolute atomic E-state index is 12.1. The minimum Gasteiger partial charge on any atom is -0.353 e. The van der Waals surface area contributed by atoms with Crippen molar-refractivity contribution in [1.82, 2.24) is 15.5 Å². The Kier molecular flexibility index (Phi) is 5.83. The van der Waals surface area contributed by atoms with Gasteiger partial charge in [0.1, 0.15) is 5.69 Å². The van der Waals surface area contributed by atoms with Gasteiger partial charge >= 0.3 is 0 Å². The highest BCUT2D eigenvalue weighted by Gasteiger charge is 2.24. The predicted molar refractivity (Wildman–Crippen MR) is 81.4 cm³/mol. The van der Waals surface area contributed by atoms with Crippen LogP contribution in [0.2, 0.25) is 0 Å². The number of nitrogens with two attached hydrogens (primary N) is 1. The first kappa shape index (κ1) is 16.4. The molecule has 2 rings (SSSR count). The number of carbonyl (C=O) groups excluding carboxylic acids is 2. The van der Waals surface area contributed by atoms with Crippen molar-refractivity contribution in [1.29, 1.82) is 0 Å². The first-order valence-electron chi connectivity index (χ1n) is 7.67. The molecule has 0 aliphatic heterocycles. The summed E-state index contributed by atoms with van der Waals surface area (Å²) in [6.45, 7) is 0.363. The largest absolute Gasteiger partial charge is 0.353 e. The molecule has 1 saturated carbocycles. The molecule has 0 saturated heterocycles. The van der Waals surface area contributed by atoms with E-state index in [0.29, 0.717) is 31.0 Å². The van der Waals surface area contributed by atoms with Crippen molar-refractivity contribution in [3.63, 3.8) is 0 Å². The van der Waals surface area contributed by atoms with E-state index in [1.165, 1.54) is 12.1 Å². The van der Waals surface area contributed by atoms with Gasteiger partial charge in [0.2, 0.25) is 5.91 Å². The lowest BCUT2D eigenvalue weighted by Crippen LogP contribution is -2.38. The first-order valence-corrected chi connectivity index (χ1v) is 7.67. The number of aromatic amines is 1. The Morgan fingerprint density at radius 2 is 2.00 bits per heavy atom. The van der Waals surface area contributed by atoms with E-state index < -0.39 is 0 Å². The standard InChI is InChI=1S/C15H22N4O3/c16-8-7-14(21)17-11-3-1-10(2-4-11)9-13(20)12-5-6-15(22)19-18-12/h5-6,10-11H,1-4,7-9,16H2,(H,17,21)(H,19,22). The van der Waals surface area contributed by atoms with Crippen molar-refractivity contribution in [2.45, 2.75) is 44.6 Å². The average Bonchev–Trinajstić information content (AvgIpc) is 2.50. The molecule has 0 unspecified atom stereocenters. The van der Waals surface area contributed by atoms with Crippen molar-refractivity contribution in [3.8, 4) is 0 Å². The van der Waals surface area contributed by atoms with Gasteiger partial charge in [-0.3, -0.25) is 14.4 Å². The Labute approximate surface area is 128 Å². The molecule has 0 aromatic carbocycles. The molecule has 7 heteroatoms. The molecule has 1 aliphatic carbocycles. The van der Waals surface area contributed by atoms with E-state index in [2.05, 4.69) is 15.5 Å². The summed E-state index contributed by atoms with van der Waals surface area (Å²) in [7, 11) is 0. The number of nitrogens with zero attached hydrogens (tertiary/aromatic N) is 1. The Hall–Kier alpha value is -2.02. The molecule has 0 radical (unpaired) electrons. The predicted octanol–water partition coefficient (Wildman–Crippen LogP) is 0.366. The highest BCUT2D eigenvalue weighted by Crippen LogP contribution is 2.27. The lowest BCUT2D eigenvalue weighted by Gasteiger charge is -2.28. The molecule has 0 bridgehead atoms. The number of H-pyrrole nitrogens is 1. The van der Waals surface area contributed by atoms with Crippen LogP contribution < -0.4 is 16.6 Å². The molecule has 1 aliphatic rings. The Balaban J connectivity index is 1.77. The first-order chi connectivity index (χ1) is 10.6. The van der Waals surface area contributed by atoms with Gasteiger partial charge in [-0.25, -0.2) is 5.10 Å². The Bertz CT molecular complexity index is 556. The van der Waals surface area contributed by atoms with Gasteiger partial charge in [0.05, 0.1) is 0 Å². The molecular weight excluding hydrogens is 284 g/mol. The van der Waals surface area contributed by atoms with Crippen LogP contribution in [0.5, 0.6) is 0 Å². The second-order valence-electron chi connectivity index (χ2n) is 5.76. The second kappa shape index (κ2) is 7.84. The molecular formula is C15H22N4O3. The summed E-state index contributed by atoms with van der Waals surface area (Å²) in [5.74, 6) is 0.259. The van der Waals surface area contributed by atoms with Crippen molar-refractivity contribution >= 4 is 11.7 Å². The van der Waals surface area contributed by atoms with Crippen LogP contribution in [0.25, 0.3) is 0 Å². The Morgan fingerprint density at radius 3 is 2.59 bits per heavy atom. The smallest absolute Gasteiger partial charge is 0.264 e. The van der Waals surface area contributed by atoms with E-state index in [4.69, 9.17) is 5.73 Å². The quantitative estimate of drug-likeness (QED) is 0.656. The van der Waals surface area contributed by atoms with Gasteiger partial charge in [0, 0.05) is 31.5 Å². The van der Waals surface area contributed by atoms with E-state index in [0.717, 1.165) is 25.7 Å². The number of aromatic nitrogens is 2. The van der Waals surface area contributed by atoms with Crippen LogP contribution in [0.4, 0.5) is 0 Å². The number of ketones is 1. The number of Topliss-reactive ketones (excluding diaryl/α,β-unsaturated/α-hetero) is 1. The Morgan fingerprint density at radius 1 is 1.27 bits per heavy atom. The SMILES string of the molecule is NCCC(=O)NC1CCC(CC(=O)c2ccc(=O)[nH]n2)CC1. The summed E-state index contributed by atoms with van der Waals surface area (Å²) in [6, 6.07) is 2.96. The normalized spacial score (nSPS) is 21.3. The van der Waals surface area contributed by atoms with Crippen molar-refractivity contribution in [2.75, 3.05) is 6.54 Å². The van der Waals surface area contributed by atoms with E-state index in [1.54, 1.807) is 0 Å². The number of carbonyl (C=O) groups is 2. The van der Waals surface area contributed by atoms with E-state index in [-0.39, 0.29) is 23.3 Å². The summed E-state index contributed by atoms with van der Waals surface area (Å²) in [4.78, 5) is 34.5. The summed E-state index contributed by atoms with van der Waals surface area (Å²) in [6.07, 6.45) is 4.37. The fraction of sp³-hybridized carbons (Fsp3) is 0.600. The molecule has 22 heavy (non-hydrogen) atoms. The summed E-state index contributed by atoms with van der Waals surface area (Å²) in [5, 5.41) is 9.01. The molecule has 1 aromatic rings. The van der Waals surface area contributed by atoms with Crippen LogP contribution in [0.3, 0.4) is 0 Å². The van der Waals surface area contributed by atoms with Gasteiger partial charge in [-0.2, -0.15) is 5.10 Å². The molecule has 1 aromatic heterocycles. The minimum atomic E-state index is -0.315. The molecule has 7 nitrogen and oxygen atoms in total. The fourth-order valence-corrected chi connectivity index (χ4v) is 2.81. The molecule has 0 spiro atoms. The van der Waals surface area contributed by atoms with Crippen LogP contribution in [-0.4, -0.2) is 34.5 Å². The minimum absolute atomic E-state index is 0.000494. The zero-order valence-corrected chi connectivity index (χ0v) is 12.5. The highest BCUT2D eigenvalue weighted by molar-refractivity contribution is 5.94. The topological polar surface area (TPSA) is 118 Å². The van der Waals surface area contributed by atoms with Gasteiger partial charge in [0.15, 0.2) is 5.78 Å². The van der Waals surface area contributed by atoms with Crippen LogP contribution in [-0.2, 0) is 4.79 Å². The number of rotatable bonds is 6. The maximum Gasteiger partial charge on any atom is 0.264 e. The fourth-order valence-electron chi connectivity index (χ4n) is 2.81. The van der Waals surface area contributed by atoms with Gasteiger partial charge < -0.3 is 11.1 Å². The number of hydrogen-bond donors (Lipinski definition) is 3. The van der Waals surface area contributed by atoms with Crippen LogP contribution in [0.15, 0.2) is 16.9 Å². The molecule has 1 amide bonds. The lowest BCUT2D eigenvalue weighted by atomic mass is 9.82. The van der Waals surface area contributed by atoms with E-state index >= 15 is 0 Å². The lowest BCUT2D eigenvalue weighted by molar-refractivity contribution is -0.121. The van der Waals surface area contributed by atoms with Gasteiger partial charge in [-0.05, 0) is 37.7 Å². The van der Waals surface area contributed by atoms with Crippen LogP contribution in [0, 0.1) is 5.92 Å². The number of amides is 1. The van der Waals surface area contributed by atoms with Crippen LogP contribution in [0.1, 0.15) is 49.0 Å². The van der Waals surface area contributed by atoms with E-state index in [9.17, 15) is 14.4 Å². The molecule has 120 valence electrons. The van der Waals surface area contributed by atoms with Crippen molar-refractivity contribution < 1.29 is 9.59 Å². The van der Waals surface area contributed by atoms with E-state index in [1.807, 2.05) is 0 Å². The zero-order chi connectivity index (χ0) is 15.9. The molecule has 1 fully saturated rings. The van der Waals surface area contributed by atoms with Crippen molar-refractivity contribution in [2.24, 2.45) is 11.7 Å². The third-order valence-electron chi connectivity index (χ3n) is 4.02. The maximum atomic E-state index is 12.1. The summed E-state index contributed by atoms with van der Waals surface area (Å²) >= 11 is 0. The number of hydrogen-bond acceptors (Lipinski definition) is 5. The van der Waals surface area contributed by atoms with Crippen molar-refractivity contribution in [3.05, 3.63) is 28.2 Å². The molecule has 1 heterocycles. The summed E-state index contributed by atoms with van der Waals surface area (Å²) < 4.78 is 0. The third-order valence-corrected chi connectivity index (χ3v) is 4.02. The highest BCUT2D eigenvalue weighted by atomic mass is 16.2. The number of nitrogens with one attached hydrogen (secondary N) is 2. The third kappa shape index (κ3) is 4.77. The van der Waals surface area contributed by atoms with Gasteiger partial charge in [-0.1, -0.05) is 0 Å². The van der Waals surface area contributed by atoms with Gasteiger partial charge in [0.25, 0.3) is 5.56 Å². The molecule has 4 N–H and O–H groups in total. The average molecular weight is 306 g/mol. The van der Waals surface area contributed by atoms with Crippen LogP contribution >= 0.6 is 0 Å². The van der Waals surface area contributed by atoms with Gasteiger partial charge in [-0.15, -0.1) is 0 Å². The summed E-state index contributed by atoms with van der Waals surface area (Å²) in [5.41, 5.74) is 5.34. The molecule has 0 atom stereocenters. The zero-order valence-electron chi connectivity index (χ0n) is 12.5.